The van der Waals surface area contributed by atoms with Crippen LogP contribution in [0.5, 0.6) is 0 Å². The highest BCUT2D eigenvalue weighted by atomic mass is 32.1. The zero-order chi connectivity index (χ0) is 15.2. The lowest BCUT2D eigenvalue weighted by Gasteiger charge is -2.30. The number of aromatic nitrogens is 2. The highest BCUT2D eigenvalue weighted by Crippen LogP contribution is 2.36. The van der Waals surface area contributed by atoms with E-state index < -0.39 is 5.60 Å². The summed E-state index contributed by atoms with van der Waals surface area (Å²) in [5.41, 5.74) is 6.65. The van der Waals surface area contributed by atoms with E-state index in [2.05, 4.69) is 9.97 Å². The van der Waals surface area contributed by atoms with Crippen LogP contribution in [-0.4, -0.2) is 33.1 Å². The molecular formula is C14H18N4O2S. The third-order valence-corrected chi connectivity index (χ3v) is 4.44. The first-order valence-electron chi connectivity index (χ1n) is 6.84. The Morgan fingerprint density at radius 3 is 2.90 bits per heavy atom. The minimum absolute atomic E-state index is 0.273. The Hall–Kier alpha value is -1.89. The number of carbonyl (C=O) groups excluding carboxylic acids is 1. The molecule has 0 saturated carbocycles. The van der Waals surface area contributed by atoms with Crippen LogP contribution in [0.25, 0.3) is 10.2 Å². The van der Waals surface area contributed by atoms with E-state index in [-0.39, 0.29) is 6.09 Å². The van der Waals surface area contributed by atoms with Gasteiger partial charge in [0, 0.05) is 11.4 Å². The summed E-state index contributed by atoms with van der Waals surface area (Å²) in [7, 11) is 0. The summed E-state index contributed by atoms with van der Waals surface area (Å²) in [6.45, 7) is 6.79. The zero-order valence-electron chi connectivity index (χ0n) is 12.3. The van der Waals surface area contributed by atoms with Crippen LogP contribution in [0.4, 0.5) is 10.6 Å². The molecule has 2 aromatic rings. The third kappa shape index (κ3) is 2.65. The maximum atomic E-state index is 12.2. The van der Waals surface area contributed by atoms with Crippen molar-refractivity contribution in [1.29, 1.82) is 0 Å². The Bertz CT molecular complexity index is 705. The van der Waals surface area contributed by atoms with E-state index >= 15 is 0 Å². The van der Waals surface area contributed by atoms with E-state index in [0.29, 0.717) is 18.9 Å². The molecule has 1 aliphatic heterocycles. The van der Waals surface area contributed by atoms with Gasteiger partial charge in [0.1, 0.15) is 22.6 Å². The molecule has 1 aliphatic rings. The first kappa shape index (κ1) is 14.1. The Balaban J connectivity index is 1.88. The first-order chi connectivity index (χ1) is 9.85. The summed E-state index contributed by atoms with van der Waals surface area (Å²) < 4.78 is 5.43. The van der Waals surface area contributed by atoms with E-state index in [9.17, 15) is 4.79 Å². The molecule has 7 heteroatoms. The summed E-state index contributed by atoms with van der Waals surface area (Å²) in [5, 5.41) is 0.946. The molecule has 2 aromatic heterocycles. The van der Waals surface area contributed by atoms with Crippen molar-refractivity contribution in [2.45, 2.75) is 39.3 Å². The molecule has 0 unspecified atom stereocenters. The summed E-state index contributed by atoms with van der Waals surface area (Å²) in [6, 6.07) is 0. The molecule has 1 amide bonds. The van der Waals surface area contributed by atoms with Gasteiger partial charge in [0.2, 0.25) is 0 Å². The van der Waals surface area contributed by atoms with E-state index in [4.69, 9.17) is 10.5 Å². The number of anilines is 1. The minimum Gasteiger partial charge on any atom is -0.444 e. The number of fused-ring (bicyclic) bond motifs is 3. The van der Waals surface area contributed by atoms with Crippen LogP contribution in [0.1, 0.15) is 31.2 Å². The average molecular weight is 306 g/mol. The van der Waals surface area contributed by atoms with Crippen LogP contribution in [0.3, 0.4) is 0 Å². The summed E-state index contributed by atoms with van der Waals surface area (Å²) in [6.07, 6.45) is 1.96. The third-order valence-electron chi connectivity index (χ3n) is 3.32. The van der Waals surface area contributed by atoms with Gasteiger partial charge >= 0.3 is 6.09 Å². The zero-order valence-corrected chi connectivity index (χ0v) is 13.2. The lowest BCUT2D eigenvalue weighted by Crippen LogP contribution is -2.39. The Morgan fingerprint density at radius 2 is 2.19 bits per heavy atom. The van der Waals surface area contributed by atoms with Gasteiger partial charge in [0.05, 0.1) is 11.9 Å². The second kappa shape index (κ2) is 4.84. The number of hydrogen-bond donors (Lipinski definition) is 1. The molecule has 0 aliphatic carbocycles. The number of thiophene rings is 1. The summed E-state index contributed by atoms with van der Waals surface area (Å²) in [4.78, 5) is 24.2. The molecule has 0 radical (unpaired) electrons. The molecule has 0 atom stereocenters. The van der Waals surface area contributed by atoms with E-state index in [1.54, 1.807) is 16.2 Å². The quantitative estimate of drug-likeness (QED) is 0.809. The number of ether oxygens (including phenoxy) is 1. The smallest absolute Gasteiger partial charge is 0.410 e. The Morgan fingerprint density at radius 1 is 1.43 bits per heavy atom. The van der Waals surface area contributed by atoms with Gasteiger partial charge < -0.3 is 15.4 Å². The number of amides is 1. The normalized spacial score (nSPS) is 15.1. The van der Waals surface area contributed by atoms with Crippen molar-refractivity contribution in [3.8, 4) is 0 Å². The van der Waals surface area contributed by atoms with Gasteiger partial charge in [-0.05, 0) is 32.8 Å². The predicted octanol–water partition coefficient (Wildman–Crippen LogP) is 2.57. The SMILES string of the molecule is CC(C)(C)OC(=O)N1CCc2c(sc3ncnc(N)c23)C1. The highest BCUT2D eigenvalue weighted by molar-refractivity contribution is 7.18. The molecule has 3 rings (SSSR count). The summed E-state index contributed by atoms with van der Waals surface area (Å²) in [5.74, 6) is 0.517. The van der Waals surface area contributed by atoms with Crippen LogP contribution in [0.15, 0.2) is 6.33 Å². The molecular weight excluding hydrogens is 288 g/mol. The molecule has 0 saturated heterocycles. The number of rotatable bonds is 0. The van der Waals surface area contributed by atoms with E-state index in [0.717, 1.165) is 21.5 Å². The number of nitrogens with two attached hydrogens (primary N) is 1. The number of hydrogen-bond acceptors (Lipinski definition) is 6. The van der Waals surface area contributed by atoms with Crippen molar-refractivity contribution in [1.82, 2.24) is 14.9 Å². The second-order valence-corrected chi connectivity index (χ2v) is 7.18. The van der Waals surface area contributed by atoms with Crippen molar-refractivity contribution >= 4 is 33.5 Å². The molecule has 0 spiro atoms. The van der Waals surface area contributed by atoms with Crippen LogP contribution in [0.2, 0.25) is 0 Å². The van der Waals surface area contributed by atoms with Crippen molar-refractivity contribution in [2.24, 2.45) is 0 Å². The number of nitrogens with zero attached hydrogens (tertiary/aromatic N) is 3. The molecule has 2 N–H and O–H groups in total. The van der Waals surface area contributed by atoms with Gasteiger partial charge in [-0.25, -0.2) is 14.8 Å². The Kier molecular flexibility index (Phi) is 3.24. The summed E-state index contributed by atoms with van der Waals surface area (Å²) >= 11 is 1.57. The predicted molar refractivity (Wildman–Crippen MR) is 82.2 cm³/mol. The molecule has 0 aromatic carbocycles. The fourth-order valence-corrected chi connectivity index (χ4v) is 3.65. The number of carbonyl (C=O) groups is 1. The maximum absolute atomic E-state index is 12.2. The molecule has 21 heavy (non-hydrogen) atoms. The fourth-order valence-electron chi connectivity index (χ4n) is 2.43. The molecule has 0 bridgehead atoms. The van der Waals surface area contributed by atoms with Crippen molar-refractivity contribution < 1.29 is 9.53 Å². The van der Waals surface area contributed by atoms with Crippen LogP contribution in [-0.2, 0) is 17.7 Å². The molecule has 3 heterocycles. The van der Waals surface area contributed by atoms with Crippen LogP contribution >= 0.6 is 11.3 Å². The topological polar surface area (TPSA) is 81.3 Å². The lowest BCUT2D eigenvalue weighted by molar-refractivity contribution is 0.0227. The van der Waals surface area contributed by atoms with Gasteiger partial charge in [-0.1, -0.05) is 0 Å². The van der Waals surface area contributed by atoms with Crippen molar-refractivity contribution in [3.63, 3.8) is 0 Å². The van der Waals surface area contributed by atoms with Gasteiger partial charge in [-0.15, -0.1) is 11.3 Å². The van der Waals surface area contributed by atoms with E-state index in [1.165, 1.54) is 11.9 Å². The van der Waals surface area contributed by atoms with E-state index in [1.807, 2.05) is 20.8 Å². The van der Waals surface area contributed by atoms with Crippen LogP contribution < -0.4 is 5.73 Å². The first-order valence-corrected chi connectivity index (χ1v) is 7.65. The second-order valence-electron chi connectivity index (χ2n) is 6.09. The largest absolute Gasteiger partial charge is 0.444 e. The van der Waals surface area contributed by atoms with Gasteiger partial charge in [0.15, 0.2) is 0 Å². The molecule has 112 valence electrons. The maximum Gasteiger partial charge on any atom is 0.410 e. The van der Waals surface area contributed by atoms with Crippen molar-refractivity contribution in [2.75, 3.05) is 12.3 Å². The fraction of sp³-hybridized carbons (Fsp3) is 0.500. The number of nitrogen functional groups attached to an aromatic ring is 1. The standard InChI is InChI=1S/C14H18N4O2S/c1-14(2,3)20-13(19)18-5-4-8-9(6-18)21-12-10(8)11(15)16-7-17-12/h7H,4-6H2,1-3H3,(H2,15,16,17). The van der Waals surface area contributed by atoms with Gasteiger partial charge in [-0.2, -0.15) is 0 Å². The minimum atomic E-state index is -0.479. The molecule has 6 nitrogen and oxygen atoms in total. The average Bonchev–Trinajstić information content (AvgIpc) is 2.75. The van der Waals surface area contributed by atoms with Crippen LogP contribution in [0, 0.1) is 0 Å². The van der Waals surface area contributed by atoms with Gasteiger partial charge in [0.25, 0.3) is 0 Å². The lowest BCUT2D eigenvalue weighted by atomic mass is 10.1. The monoisotopic (exact) mass is 306 g/mol. The molecule has 0 fully saturated rings. The van der Waals surface area contributed by atoms with Crippen molar-refractivity contribution in [3.05, 3.63) is 16.8 Å². The highest BCUT2D eigenvalue weighted by Gasteiger charge is 2.28. The Labute approximate surface area is 126 Å². The van der Waals surface area contributed by atoms with Gasteiger partial charge in [-0.3, -0.25) is 0 Å².